The standard InChI is InChI=1S/C22H30O4/c1-21(13-14-26-16-20(23)24)9-11-22(25,12-10-21)19-8-4-7-18(15-19)17-5-2-3-6-17/h4-5,7-8,15,25H,2-3,6,9-14,16H2,1H3,(H,23,24). The van der Waals surface area contributed by atoms with Crippen LogP contribution in [0.5, 0.6) is 0 Å². The summed E-state index contributed by atoms with van der Waals surface area (Å²) in [7, 11) is 0. The van der Waals surface area contributed by atoms with Gasteiger partial charge in [-0.05, 0) is 79.5 Å². The summed E-state index contributed by atoms with van der Waals surface area (Å²) in [6.07, 6.45) is 10.0. The van der Waals surface area contributed by atoms with E-state index in [0.29, 0.717) is 6.61 Å². The highest BCUT2D eigenvalue weighted by Gasteiger charge is 2.40. The summed E-state index contributed by atoms with van der Waals surface area (Å²) < 4.78 is 5.20. The summed E-state index contributed by atoms with van der Waals surface area (Å²) in [4.78, 5) is 10.5. The van der Waals surface area contributed by atoms with Crippen molar-refractivity contribution in [3.8, 4) is 0 Å². The molecule has 0 saturated heterocycles. The van der Waals surface area contributed by atoms with Crippen LogP contribution in [0.1, 0.15) is 69.4 Å². The molecule has 0 amide bonds. The zero-order valence-corrected chi connectivity index (χ0v) is 15.7. The minimum absolute atomic E-state index is 0.107. The van der Waals surface area contributed by atoms with Crippen LogP contribution in [-0.2, 0) is 15.1 Å². The molecule has 0 spiro atoms. The maximum absolute atomic E-state index is 11.3. The predicted octanol–water partition coefficient (Wildman–Crippen LogP) is 4.51. The Morgan fingerprint density at radius 1 is 1.23 bits per heavy atom. The number of carbonyl (C=O) groups is 1. The van der Waals surface area contributed by atoms with Gasteiger partial charge in [-0.2, -0.15) is 0 Å². The summed E-state index contributed by atoms with van der Waals surface area (Å²) in [6.45, 7) is 2.45. The van der Waals surface area contributed by atoms with Crippen molar-refractivity contribution in [2.45, 2.75) is 63.9 Å². The minimum atomic E-state index is -0.926. The van der Waals surface area contributed by atoms with E-state index >= 15 is 0 Å². The van der Waals surface area contributed by atoms with Gasteiger partial charge in [0.15, 0.2) is 0 Å². The summed E-state index contributed by atoms with van der Waals surface area (Å²) >= 11 is 0. The maximum Gasteiger partial charge on any atom is 0.329 e. The molecule has 4 nitrogen and oxygen atoms in total. The fourth-order valence-electron chi connectivity index (χ4n) is 4.23. The van der Waals surface area contributed by atoms with Gasteiger partial charge in [-0.25, -0.2) is 4.79 Å². The molecule has 0 atom stereocenters. The Morgan fingerprint density at radius 3 is 2.65 bits per heavy atom. The maximum atomic E-state index is 11.3. The smallest absolute Gasteiger partial charge is 0.329 e. The van der Waals surface area contributed by atoms with Gasteiger partial charge in [-0.15, -0.1) is 0 Å². The van der Waals surface area contributed by atoms with E-state index in [-0.39, 0.29) is 12.0 Å². The predicted molar refractivity (Wildman–Crippen MR) is 102 cm³/mol. The number of carboxylic acid groups (broad SMARTS) is 1. The molecule has 0 unspecified atom stereocenters. The summed E-state index contributed by atoms with van der Waals surface area (Å²) in [5.74, 6) is -0.926. The zero-order chi connectivity index (χ0) is 18.6. The molecule has 3 rings (SSSR count). The number of hydrogen-bond acceptors (Lipinski definition) is 3. The number of benzene rings is 1. The number of aliphatic carboxylic acids is 1. The average Bonchev–Trinajstić information content (AvgIpc) is 3.17. The Bertz CT molecular complexity index is 668. The third kappa shape index (κ3) is 4.54. The number of hydrogen-bond donors (Lipinski definition) is 2. The molecule has 0 heterocycles. The van der Waals surface area contributed by atoms with Gasteiger partial charge in [0.05, 0.1) is 5.60 Å². The summed E-state index contributed by atoms with van der Waals surface area (Å²) in [5, 5.41) is 19.9. The molecular weight excluding hydrogens is 328 g/mol. The third-order valence-corrected chi connectivity index (χ3v) is 6.17. The van der Waals surface area contributed by atoms with Crippen molar-refractivity contribution >= 4 is 11.5 Å². The van der Waals surface area contributed by atoms with Crippen LogP contribution in [0.15, 0.2) is 30.3 Å². The van der Waals surface area contributed by atoms with E-state index < -0.39 is 11.6 Å². The molecule has 4 heteroatoms. The van der Waals surface area contributed by atoms with E-state index in [2.05, 4.69) is 37.3 Å². The second-order valence-corrected chi connectivity index (χ2v) is 8.24. The van der Waals surface area contributed by atoms with E-state index in [1.54, 1.807) is 0 Å². The zero-order valence-electron chi connectivity index (χ0n) is 15.7. The molecule has 0 aliphatic heterocycles. The van der Waals surface area contributed by atoms with Crippen molar-refractivity contribution in [2.75, 3.05) is 13.2 Å². The van der Waals surface area contributed by atoms with Crippen LogP contribution in [0.25, 0.3) is 5.57 Å². The molecule has 1 fully saturated rings. The Balaban J connectivity index is 1.60. The second-order valence-electron chi connectivity index (χ2n) is 8.24. The molecule has 2 aliphatic carbocycles. The lowest BCUT2D eigenvalue weighted by Gasteiger charge is -2.42. The first-order valence-corrected chi connectivity index (χ1v) is 9.72. The van der Waals surface area contributed by atoms with Gasteiger partial charge < -0.3 is 14.9 Å². The monoisotopic (exact) mass is 358 g/mol. The van der Waals surface area contributed by atoms with E-state index in [1.807, 2.05) is 0 Å². The molecule has 1 aromatic carbocycles. The Kier molecular flexibility index (Phi) is 5.83. The second kappa shape index (κ2) is 7.93. The van der Waals surface area contributed by atoms with Crippen molar-refractivity contribution in [2.24, 2.45) is 5.41 Å². The van der Waals surface area contributed by atoms with Crippen LogP contribution in [-0.4, -0.2) is 29.4 Å². The van der Waals surface area contributed by atoms with Crippen LogP contribution in [0.3, 0.4) is 0 Å². The first-order valence-electron chi connectivity index (χ1n) is 9.72. The number of allylic oxidation sites excluding steroid dienone is 2. The van der Waals surface area contributed by atoms with Gasteiger partial charge in [-0.1, -0.05) is 31.2 Å². The first kappa shape index (κ1) is 19.1. The van der Waals surface area contributed by atoms with Crippen molar-refractivity contribution in [3.05, 3.63) is 41.5 Å². The molecule has 1 saturated carbocycles. The highest BCUT2D eigenvalue weighted by atomic mass is 16.5. The summed E-state index contributed by atoms with van der Waals surface area (Å²) in [6, 6.07) is 8.44. The number of rotatable bonds is 7. The van der Waals surface area contributed by atoms with Crippen LogP contribution in [0.4, 0.5) is 0 Å². The van der Waals surface area contributed by atoms with Crippen molar-refractivity contribution in [1.82, 2.24) is 0 Å². The van der Waals surface area contributed by atoms with E-state index in [4.69, 9.17) is 9.84 Å². The van der Waals surface area contributed by atoms with Gasteiger partial charge in [0.25, 0.3) is 0 Å². The largest absolute Gasteiger partial charge is 0.480 e. The molecule has 0 bridgehead atoms. The first-order chi connectivity index (χ1) is 12.4. The van der Waals surface area contributed by atoms with E-state index in [0.717, 1.165) is 50.5 Å². The highest BCUT2D eigenvalue weighted by Crippen LogP contribution is 2.47. The van der Waals surface area contributed by atoms with Crippen molar-refractivity contribution in [1.29, 1.82) is 0 Å². The lowest BCUT2D eigenvalue weighted by Crippen LogP contribution is -2.36. The quantitative estimate of drug-likeness (QED) is 0.704. The van der Waals surface area contributed by atoms with Gasteiger partial charge >= 0.3 is 5.97 Å². The molecule has 2 N–H and O–H groups in total. The van der Waals surface area contributed by atoms with Crippen LogP contribution in [0, 0.1) is 5.41 Å². The number of carboxylic acids is 1. The van der Waals surface area contributed by atoms with Crippen LogP contribution in [0.2, 0.25) is 0 Å². The fourth-order valence-corrected chi connectivity index (χ4v) is 4.23. The number of aliphatic hydroxyl groups is 1. The molecular formula is C22H30O4. The SMILES string of the molecule is CC1(CCOCC(=O)O)CCC(O)(c2cccc(C3=CCCC3)c2)CC1. The highest BCUT2D eigenvalue weighted by molar-refractivity contribution is 5.68. The lowest BCUT2D eigenvalue weighted by molar-refractivity contribution is -0.142. The lowest BCUT2D eigenvalue weighted by atomic mass is 9.66. The molecule has 0 radical (unpaired) electrons. The van der Waals surface area contributed by atoms with Gasteiger partial charge in [0, 0.05) is 6.61 Å². The molecule has 0 aromatic heterocycles. The molecule has 1 aromatic rings. The average molecular weight is 358 g/mol. The summed E-state index contributed by atoms with van der Waals surface area (Å²) in [5.41, 5.74) is 3.05. The minimum Gasteiger partial charge on any atom is -0.480 e. The topological polar surface area (TPSA) is 66.8 Å². The van der Waals surface area contributed by atoms with E-state index in [9.17, 15) is 9.90 Å². The van der Waals surface area contributed by atoms with Gasteiger partial charge in [0.1, 0.15) is 6.61 Å². The van der Waals surface area contributed by atoms with Crippen molar-refractivity contribution in [3.63, 3.8) is 0 Å². The van der Waals surface area contributed by atoms with Gasteiger partial charge in [-0.3, -0.25) is 0 Å². The van der Waals surface area contributed by atoms with Crippen LogP contribution < -0.4 is 0 Å². The Morgan fingerprint density at radius 2 is 2.00 bits per heavy atom. The Labute approximate surface area is 155 Å². The molecule has 142 valence electrons. The van der Waals surface area contributed by atoms with E-state index in [1.165, 1.54) is 17.6 Å². The van der Waals surface area contributed by atoms with Gasteiger partial charge in [0.2, 0.25) is 0 Å². The van der Waals surface area contributed by atoms with Crippen LogP contribution >= 0.6 is 0 Å². The number of ether oxygens (including phenoxy) is 1. The Hall–Kier alpha value is -1.65. The molecule has 2 aliphatic rings. The fraction of sp³-hybridized carbons (Fsp3) is 0.591. The van der Waals surface area contributed by atoms with Crippen molar-refractivity contribution < 1.29 is 19.7 Å². The normalized spacial score (nSPS) is 28.8. The molecule has 26 heavy (non-hydrogen) atoms. The third-order valence-electron chi connectivity index (χ3n) is 6.17.